The van der Waals surface area contributed by atoms with E-state index in [1.54, 1.807) is 0 Å². The third-order valence-corrected chi connectivity index (χ3v) is 5.59. The van der Waals surface area contributed by atoms with Crippen molar-refractivity contribution in [3.8, 4) is 5.82 Å². The maximum atomic E-state index is 4.61. The van der Waals surface area contributed by atoms with Crippen molar-refractivity contribution in [1.82, 2.24) is 9.55 Å². The smallest absolute Gasteiger partial charge is 0.137 e. The third kappa shape index (κ3) is 3.22. The van der Waals surface area contributed by atoms with E-state index < -0.39 is 0 Å². The van der Waals surface area contributed by atoms with E-state index >= 15 is 0 Å². The molecule has 0 spiro atoms. The Morgan fingerprint density at radius 3 is 2.13 bits per heavy atom. The largest absolute Gasteiger partial charge is 0.355 e. The molecule has 0 saturated carbocycles. The molecule has 0 fully saturated rings. The molecule has 0 bridgehead atoms. The molecule has 0 amide bonds. The van der Waals surface area contributed by atoms with Crippen LogP contribution in [0.2, 0.25) is 0 Å². The highest BCUT2D eigenvalue weighted by molar-refractivity contribution is 6.10. The number of para-hydroxylation sites is 1. The molecule has 0 aliphatic rings. The second kappa shape index (κ2) is 7.03. The predicted molar refractivity (Wildman–Crippen MR) is 127 cm³/mol. The monoisotopic (exact) mass is 391 g/mol. The standard InChI is InChI=1S/C27H25N3/c1-27(2,3)19-11-13-20(14-12-19)29-21-15-16-23-22-8-4-5-9-24(22)30(25(23)18-21)26-10-6-7-17-28-26/h4-18,29H,1-3H3. The molecule has 148 valence electrons. The van der Waals surface area contributed by atoms with Crippen molar-refractivity contribution < 1.29 is 0 Å². The first-order chi connectivity index (χ1) is 14.5. The molecular formula is C27H25N3. The van der Waals surface area contributed by atoms with Crippen LogP contribution in [-0.4, -0.2) is 9.55 Å². The molecule has 3 nitrogen and oxygen atoms in total. The minimum atomic E-state index is 0.154. The molecule has 0 atom stereocenters. The minimum absolute atomic E-state index is 0.154. The third-order valence-electron chi connectivity index (χ3n) is 5.59. The Labute approximate surface area is 177 Å². The fourth-order valence-electron chi connectivity index (χ4n) is 4.00. The predicted octanol–water partition coefficient (Wildman–Crippen LogP) is 7.22. The number of benzene rings is 3. The van der Waals surface area contributed by atoms with Gasteiger partial charge in [0.25, 0.3) is 0 Å². The molecule has 0 unspecified atom stereocenters. The van der Waals surface area contributed by atoms with E-state index in [9.17, 15) is 0 Å². The molecule has 30 heavy (non-hydrogen) atoms. The van der Waals surface area contributed by atoms with Gasteiger partial charge in [0.15, 0.2) is 0 Å². The first kappa shape index (κ1) is 18.4. The van der Waals surface area contributed by atoms with Crippen LogP contribution in [0.3, 0.4) is 0 Å². The van der Waals surface area contributed by atoms with Gasteiger partial charge in [-0.2, -0.15) is 0 Å². The van der Waals surface area contributed by atoms with E-state index in [-0.39, 0.29) is 5.41 Å². The highest BCUT2D eigenvalue weighted by atomic mass is 15.1. The summed E-state index contributed by atoms with van der Waals surface area (Å²) in [5.41, 5.74) is 5.94. The average Bonchev–Trinajstić information content (AvgIpc) is 3.08. The molecule has 0 saturated heterocycles. The second-order valence-corrected chi connectivity index (χ2v) is 8.72. The molecule has 1 N–H and O–H groups in total. The van der Waals surface area contributed by atoms with Gasteiger partial charge in [0, 0.05) is 28.3 Å². The lowest BCUT2D eigenvalue weighted by atomic mass is 9.87. The first-order valence-corrected chi connectivity index (χ1v) is 10.3. The van der Waals surface area contributed by atoms with Crippen molar-refractivity contribution in [1.29, 1.82) is 0 Å². The summed E-state index contributed by atoms with van der Waals surface area (Å²) in [6.07, 6.45) is 1.84. The quantitative estimate of drug-likeness (QED) is 0.352. The van der Waals surface area contributed by atoms with Crippen LogP contribution in [0.5, 0.6) is 0 Å². The molecule has 0 aliphatic heterocycles. The van der Waals surface area contributed by atoms with Gasteiger partial charge in [0.1, 0.15) is 5.82 Å². The lowest BCUT2D eigenvalue weighted by Gasteiger charge is -2.19. The average molecular weight is 392 g/mol. The summed E-state index contributed by atoms with van der Waals surface area (Å²) in [7, 11) is 0. The zero-order valence-corrected chi connectivity index (χ0v) is 17.6. The zero-order chi connectivity index (χ0) is 20.7. The van der Waals surface area contributed by atoms with Gasteiger partial charge in [-0.15, -0.1) is 0 Å². The van der Waals surface area contributed by atoms with Crippen molar-refractivity contribution >= 4 is 33.2 Å². The maximum Gasteiger partial charge on any atom is 0.137 e. The van der Waals surface area contributed by atoms with Crippen LogP contribution < -0.4 is 5.32 Å². The number of pyridine rings is 1. The Bertz CT molecular complexity index is 1320. The molecule has 2 heterocycles. The van der Waals surface area contributed by atoms with Crippen LogP contribution in [0.1, 0.15) is 26.3 Å². The summed E-state index contributed by atoms with van der Waals surface area (Å²) in [6, 6.07) is 29.8. The molecule has 0 aliphatic carbocycles. The van der Waals surface area contributed by atoms with Crippen LogP contribution in [-0.2, 0) is 5.41 Å². The van der Waals surface area contributed by atoms with Gasteiger partial charge in [-0.1, -0.05) is 63.2 Å². The van der Waals surface area contributed by atoms with Crippen molar-refractivity contribution in [3.05, 3.63) is 96.7 Å². The SMILES string of the molecule is CC(C)(C)c1ccc(Nc2ccc3c4ccccc4n(-c4ccccn4)c3c2)cc1. The number of nitrogens with one attached hydrogen (secondary N) is 1. The molecule has 3 heteroatoms. The van der Waals surface area contributed by atoms with Gasteiger partial charge in [-0.25, -0.2) is 4.98 Å². The number of anilines is 2. The van der Waals surface area contributed by atoms with E-state index in [1.165, 1.54) is 16.3 Å². The highest BCUT2D eigenvalue weighted by Crippen LogP contribution is 2.34. The van der Waals surface area contributed by atoms with Gasteiger partial charge in [-0.05, 0) is 53.4 Å². The number of aromatic nitrogens is 2. The van der Waals surface area contributed by atoms with E-state index in [2.05, 4.69) is 108 Å². The summed E-state index contributed by atoms with van der Waals surface area (Å²) in [5, 5.41) is 6.03. The minimum Gasteiger partial charge on any atom is -0.355 e. The van der Waals surface area contributed by atoms with Gasteiger partial charge >= 0.3 is 0 Å². The summed E-state index contributed by atoms with van der Waals surface area (Å²) >= 11 is 0. The van der Waals surface area contributed by atoms with Crippen molar-refractivity contribution in [2.45, 2.75) is 26.2 Å². The Kier molecular flexibility index (Phi) is 4.32. The Morgan fingerprint density at radius 1 is 0.700 bits per heavy atom. The van der Waals surface area contributed by atoms with E-state index in [0.717, 1.165) is 28.2 Å². The van der Waals surface area contributed by atoms with Gasteiger partial charge in [-0.3, -0.25) is 4.57 Å². The molecule has 0 radical (unpaired) electrons. The van der Waals surface area contributed by atoms with Crippen LogP contribution in [0.4, 0.5) is 11.4 Å². The van der Waals surface area contributed by atoms with Crippen molar-refractivity contribution in [2.24, 2.45) is 0 Å². The lowest BCUT2D eigenvalue weighted by molar-refractivity contribution is 0.590. The number of rotatable bonds is 3. The summed E-state index contributed by atoms with van der Waals surface area (Å²) < 4.78 is 2.23. The highest BCUT2D eigenvalue weighted by Gasteiger charge is 2.14. The lowest BCUT2D eigenvalue weighted by Crippen LogP contribution is -2.10. The van der Waals surface area contributed by atoms with E-state index in [0.29, 0.717) is 0 Å². The molecule has 5 aromatic rings. The second-order valence-electron chi connectivity index (χ2n) is 8.72. The van der Waals surface area contributed by atoms with E-state index in [1.807, 2.05) is 18.3 Å². The number of hydrogen-bond donors (Lipinski definition) is 1. The van der Waals surface area contributed by atoms with Crippen molar-refractivity contribution in [3.63, 3.8) is 0 Å². The number of nitrogens with zero attached hydrogens (tertiary/aromatic N) is 2. The number of fused-ring (bicyclic) bond motifs is 3. The van der Waals surface area contributed by atoms with Gasteiger partial charge in [0.05, 0.1) is 11.0 Å². The Morgan fingerprint density at radius 2 is 1.40 bits per heavy atom. The zero-order valence-electron chi connectivity index (χ0n) is 17.6. The Balaban J connectivity index is 1.61. The summed E-state index contributed by atoms with van der Waals surface area (Å²) in [5.74, 6) is 0.926. The molecule has 5 rings (SSSR count). The summed E-state index contributed by atoms with van der Waals surface area (Å²) in [4.78, 5) is 4.61. The topological polar surface area (TPSA) is 29.9 Å². The van der Waals surface area contributed by atoms with Crippen LogP contribution in [0.25, 0.3) is 27.6 Å². The fraction of sp³-hybridized carbons (Fsp3) is 0.148. The maximum absolute atomic E-state index is 4.61. The number of hydrogen-bond acceptors (Lipinski definition) is 2. The summed E-state index contributed by atoms with van der Waals surface area (Å²) in [6.45, 7) is 6.71. The van der Waals surface area contributed by atoms with Crippen molar-refractivity contribution in [2.75, 3.05) is 5.32 Å². The van der Waals surface area contributed by atoms with Crippen LogP contribution in [0.15, 0.2) is 91.1 Å². The van der Waals surface area contributed by atoms with Crippen LogP contribution >= 0.6 is 0 Å². The van der Waals surface area contributed by atoms with Crippen LogP contribution in [0, 0.1) is 0 Å². The van der Waals surface area contributed by atoms with E-state index in [4.69, 9.17) is 0 Å². The Hall–Kier alpha value is -3.59. The van der Waals surface area contributed by atoms with Gasteiger partial charge in [0.2, 0.25) is 0 Å². The normalized spacial score (nSPS) is 11.8. The molecule has 2 aromatic heterocycles. The molecule has 3 aromatic carbocycles. The first-order valence-electron chi connectivity index (χ1n) is 10.3. The fourth-order valence-corrected chi connectivity index (χ4v) is 4.00. The van der Waals surface area contributed by atoms with Gasteiger partial charge < -0.3 is 5.32 Å². The molecular weight excluding hydrogens is 366 g/mol.